The number of anilines is 1. The van der Waals surface area contributed by atoms with Gasteiger partial charge in [-0.15, -0.1) is 0 Å². The second-order valence-corrected chi connectivity index (χ2v) is 8.39. The maximum absolute atomic E-state index is 12.7. The van der Waals surface area contributed by atoms with Gasteiger partial charge in [0.25, 0.3) is 11.6 Å². The Morgan fingerprint density at radius 3 is 2.48 bits per heavy atom. The van der Waals surface area contributed by atoms with Gasteiger partial charge in [-0.25, -0.2) is 0 Å². The van der Waals surface area contributed by atoms with E-state index in [1.165, 1.54) is 6.07 Å². The molecule has 0 unspecified atom stereocenters. The first-order valence-corrected chi connectivity index (χ1v) is 10.8. The molecule has 1 aliphatic carbocycles. The maximum Gasteiger partial charge on any atom is 0.293 e. The number of aromatic nitrogens is 2. The zero-order valence-electron chi connectivity index (χ0n) is 17.2. The second kappa shape index (κ2) is 8.26. The van der Waals surface area contributed by atoms with Crippen molar-refractivity contribution in [2.24, 2.45) is 0 Å². The second-order valence-electron chi connectivity index (χ2n) is 8.39. The summed E-state index contributed by atoms with van der Waals surface area (Å²) in [5, 5.41) is 15.9. The van der Waals surface area contributed by atoms with Crippen molar-refractivity contribution >= 4 is 17.3 Å². The minimum absolute atomic E-state index is 0.0341. The quantitative estimate of drug-likeness (QED) is 0.528. The third-order valence-electron chi connectivity index (χ3n) is 6.30. The lowest BCUT2D eigenvalue weighted by Gasteiger charge is -2.32. The van der Waals surface area contributed by atoms with Crippen molar-refractivity contribution in [3.63, 3.8) is 0 Å². The Labute approximate surface area is 179 Å². The summed E-state index contributed by atoms with van der Waals surface area (Å²) in [6.45, 7) is 3.30. The molecule has 0 spiro atoms. The molecule has 3 heterocycles. The number of benzene rings is 1. The largest absolute Gasteiger partial charge is 0.378 e. The Balaban J connectivity index is 1.29. The van der Waals surface area contributed by atoms with Crippen molar-refractivity contribution in [2.75, 3.05) is 44.3 Å². The highest BCUT2D eigenvalue weighted by Crippen LogP contribution is 2.40. The molecule has 10 heteroatoms. The summed E-state index contributed by atoms with van der Waals surface area (Å²) in [6, 6.07) is 4.79. The van der Waals surface area contributed by atoms with Gasteiger partial charge in [-0.1, -0.05) is 5.16 Å². The molecule has 3 fully saturated rings. The Kier molecular flexibility index (Phi) is 5.31. The Morgan fingerprint density at radius 2 is 1.81 bits per heavy atom. The molecule has 164 valence electrons. The minimum atomic E-state index is -0.404. The number of hydrogen-bond acceptors (Lipinski definition) is 8. The molecular weight excluding hydrogens is 402 g/mol. The van der Waals surface area contributed by atoms with Crippen LogP contribution < -0.4 is 4.90 Å². The number of morpholine rings is 1. The van der Waals surface area contributed by atoms with Crippen LogP contribution in [0.2, 0.25) is 0 Å². The standard InChI is InChI=1S/C21H25N5O5/c27-21(25-9-11-30-12-10-25)16-3-4-17(18(13-16)26(28)29)24-7-5-14(6-8-24)19-22-20(31-23-19)15-1-2-15/h3-4,13-15H,1-2,5-12H2. The summed E-state index contributed by atoms with van der Waals surface area (Å²) in [7, 11) is 0. The number of nitro groups is 1. The first kappa shape index (κ1) is 19.9. The maximum atomic E-state index is 12.7. The molecule has 10 nitrogen and oxygen atoms in total. The fourth-order valence-electron chi connectivity index (χ4n) is 4.31. The lowest BCUT2D eigenvalue weighted by Crippen LogP contribution is -2.40. The highest BCUT2D eigenvalue weighted by molar-refractivity contribution is 5.96. The average molecular weight is 427 g/mol. The first-order valence-electron chi connectivity index (χ1n) is 10.8. The van der Waals surface area contributed by atoms with E-state index in [0.717, 1.165) is 37.4 Å². The van der Waals surface area contributed by atoms with E-state index in [1.54, 1.807) is 17.0 Å². The molecule has 1 amide bonds. The molecule has 2 aliphatic heterocycles. The van der Waals surface area contributed by atoms with Crippen LogP contribution in [0.15, 0.2) is 22.7 Å². The van der Waals surface area contributed by atoms with E-state index in [-0.39, 0.29) is 17.5 Å². The van der Waals surface area contributed by atoms with Crippen LogP contribution in [0.4, 0.5) is 11.4 Å². The van der Waals surface area contributed by atoms with Crippen molar-refractivity contribution in [3.05, 3.63) is 45.6 Å². The fourth-order valence-corrected chi connectivity index (χ4v) is 4.31. The third kappa shape index (κ3) is 4.12. The first-order chi connectivity index (χ1) is 15.1. The molecule has 0 N–H and O–H groups in total. The van der Waals surface area contributed by atoms with Gasteiger partial charge in [0.15, 0.2) is 5.82 Å². The van der Waals surface area contributed by atoms with Gasteiger partial charge in [0.2, 0.25) is 5.89 Å². The SMILES string of the molecule is O=C(c1ccc(N2CCC(c3noc(C4CC4)n3)CC2)c([N+](=O)[O-])c1)N1CCOCC1. The molecule has 0 atom stereocenters. The normalized spacial score (nSPS) is 20.1. The molecule has 0 bridgehead atoms. The average Bonchev–Trinajstić information content (AvgIpc) is 3.55. The van der Waals surface area contributed by atoms with Gasteiger partial charge in [-0.2, -0.15) is 4.98 Å². The Morgan fingerprint density at radius 1 is 1.06 bits per heavy atom. The molecular formula is C21H25N5O5. The smallest absolute Gasteiger partial charge is 0.293 e. The van der Waals surface area contributed by atoms with Gasteiger partial charge in [0.1, 0.15) is 5.69 Å². The zero-order chi connectivity index (χ0) is 21.4. The van der Waals surface area contributed by atoms with Crippen LogP contribution >= 0.6 is 0 Å². The van der Waals surface area contributed by atoms with Crippen LogP contribution in [0.1, 0.15) is 59.6 Å². The summed E-state index contributed by atoms with van der Waals surface area (Å²) in [4.78, 5) is 32.3. The zero-order valence-corrected chi connectivity index (χ0v) is 17.2. The number of carbonyl (C=O) groups is 1. The lowest BCUT2D eigenvalue weighted by atomic mass is 9.95. The number of piperidine rings is 1. The van der Waals surface area contributed by atoms with E-state index in [9.17, 15) is 14.9 Å². The molecule has 1 aromatic heterocycles. The predicted octanol–water partition coefficient (Wildman–Crippen LogP) is 2.71. The van der Waals surface area contributed by atoms with Crippen LogP contribution in [0.3, 0.4) is 0 Å². The summed E-state index contributed by atoms with van der Waals surface area (Å²) >= 11 is 0. The number of ether oxygens (including phenoxy) is 1. The van der Waals surface area contributed by atoms with E-state index in [0.29, 0.717) is 56.6 Å². The molecule has 1 aromatic carbocycles. The number of hydrogen-bond donors (Lipinski definition) is 0. The summed E-state index contributed by atoms with van der Waals surface area (Å²) < 4.78 is 10.7. The van der Waals surface area contributed by atoms with Gasteiger partial charge >= 0.3 is 0 Å². The molecule has 2 saturated heterocycles. The highest BCUT2D eigenvalue weighted by Gasteiger charge is 2.33. The molecule has 1 saturated carbocycles. The molecule has 31 heavy (non-hydrogen) atoms. The number of nitro benzene ring substituents is 1. The number of amides is 1. The number of carbonyl (C=O) groups excluding carboxylic acids is 1. The van der Waals surface area contributed by atoms with Crippen LogP contribution in [-0.4, -0.2) is 65.3 Å². The Bertz CT molecular complexity index is 974. The molecule has 0 radical (unpaired) electrons. The van der Waals surface area contributed by atoms with Crippen molar-refractivity contribution in [3.8, 4) is 0 Å². The van der Waals surface area contributed by atoms with Crippen molar-refractivity contribution in [2.45, 2.75) is 37.5 Å². The minimum Gasteiger partial charge on any atom is -0.378 e. The van der Waals surface area contributed by atoms with Gasteiger partial charge in [0, 0.05) is 49.6 Å². The van der Waals surface area contributed by atoms with Crippen LogP contribution in [0.25, 0.3) is 0 Å². The predicted molar refractivity (Wildman–Crippen MR) is 110 cm³/mol. The Hall–Kier alpha value is -3.01. The van der Waals surface area contributed by atoms with Gasteiger partial charge in [0.05, 0.1) is 18.1 Å². The van der Waals surface area contributed by atoms with E-state index in [4.69, 9.17) is 9.26 Å². The van der Waals surface area contributed by atoms with E-state index < -0.39 is 4.92 Å². The monoisotopic (exact) mass is 427 g/mol. The molecule has 3 aliphatic rings. The van der Waals surface area contributed by atoms with Crippen LogP contribution in [0, 0.1) is 10.1 Å². The van der Waals surface area contributed by atoms with Gasteiger partial charge < -0.3 is 19.1 Å². The number of rotatable bonds is 5. The van der Waals surface area contributed by atoms with Crippen LogP contribution in [0.5, 0.6) is 0 Å². The van der Waals surface area contributed by atoms with E-state index in [2.05, 4.69) is 10.1 Å². The summed E-state index contributed by atoms with van der Waals surface area (Å²) in [5.74, 6) is 1.94. The van der Waals surface area contributed by atoms with Crippen molar-refractivity contribution in [1.82, 2.24) is 15.0 Å². The summed E-state index contributed by atoms with van der Waals surface area (Å²) in [6.07, 6.45) is 3.84. The van der Waals surface area contributed by atoms with Gasteiger partial charge in [-0.3, -0.25) is 14.9 Å². The van der Waals surface area contributed by atoms with E-state index in [1.807, 2.05) is 4.90 Å². The van der Waals surface area contributed by atoms with Crippen molar-refractivity contribution in [1.29, 1.82) is 0 Å². The lowest BCUT2D eigenvalue weighted by molar-refractivity contribution is -0.384. The number of nitrogens with zero attached hydrogens (tertiary/aromatic N) is 5. The van der Waals surface area contributed by atoms with Crippen LogP contribution in [-0.2, 0) is 4.74 Å². The summed E-state index contributed by atoms with van der Waals surface area (Å²) in [5.41, 5.74) is 0.855. The fraction of sp³-hybridized carbons (Fsp3) is 0.571. The molecule has 2 aromatic rings. The van der Waals surface area contributed by atoms with Gasteiger partial charge in [-0.05, 0) is 37.8 Å². The molecule has 5 rings (SSSR count). The highest BCUT2D eigenvalue weighted by atomic mass is 16.6. The van der Waals surface area contributed by atoms with E-state index >= 15 is 0 Å². The van der Waals surface area contributed by atoms with Crippen molar-refractivity contribution < 1.29 is 19.0 Å². The third-order valence-corrected chi connectivity index (χ3v) is 6.30. The topological polar surface area (TPSA) is 115 Å².